The van der Waals surface area contributed by atoms with E-state index in [-0.39, 0.29) is 10.6 Å². The van der Waals surface area contributed by atoms with Gasteiger partial charge in [-0.25, -0.2) is 0 Å². The Kier molecular flexibility index (Phi) is 4.66. The summed E-state index contributed by atoms with van der Waals surface area (Å²) in [5, 5.41) is 18.3. The smallest absolute Gasteiger partial charge is 0.267 e. The molecule has 2 rings (SSSR count). The van der Waals surface area contributed by atoms with Crippen molar-refractivity contribution < 1.29 is 9.32 Å². The Hall–Kier alpha value is -2.98. The first kappa shape index (κ1) is 15.4. The Labute approximate surface area is 131 Å². The van der Waals surface area contributed by atoms with Crippen molar-refractivity contribution in [1.82, 2.24) is 5.16 Å². The normalized spacial score (nSPS) is 10.9. The number of nitrogens with zero attached hydrogens (tertiary/aromatic N) is 2. The van der Waals surface area contributed by atoms with Crippen LogP contribution in [0.25, 0.3) is 0 Å². The quantitative estimate of drug-likeness (QED) is 0.453. The van der Waals surface area contributed by atoms with Gasteiger partial charge in [0.25, 0.3) is 5.91 Å². The molecule has 0 spiro atoms. The monoisotopic (exact) mass is 317 g/mol. The first-order valence-corrected chi connectivity index (χ1v) is 6.54. The van der Waals surface area contributed by atoms with Crippen LogP contribution in [-0.4, -0.2) is 11.1 Å². The zero-order chi connectivity index (χ0) is 16.1. The van der Waals surface area contributed by atoms with E-state index in [1.54, 1.807) is 31.2 Å². The number of carbonyl (C=O) groups excluding carboxylic acids is 1. The van der Waals surface area contributed by atoms with Crippen molar-refractivity contribution in [3.63, 3.8) is 0 Å². The number of hydrogen-bond acceptors (Lipinski definition) is 6. The van der Waals surface area contributed by atoms with Crippen LogP contribution in [0.3, 0.4) is 0 Å². The molecular formula is C14H12ClN5O2. The molecule has 1 aromatic carbocycles. The second kappa shape index (κ2) is 6.65. The summed E-state index contributed by atoms with van der Waals surface area (Å²) in [5.41, 5.74) is 6.26. The molecule has 8 heteroatoms. The van der Waals surface area contributed by atoms with Gasteiger partial charge in [0.2, 0.25) is 0 Å². The molecule has 4 N–H and O–H groups in total. The number of benzene rings is 1. The number of nitrogens with one attached hydrogen (secondary N) is 2. The third-order valence-electron chi connectivity index (χ3n) is 2.60. The Bertz CT molecular complexity index is 776. The molecular weight excluding hydrogens is 306 g/mol. The number of carbonyl (C=O) groups is 1. The lowest BCUT2D eigenvalue weighted by Crippen LogP contribution is -2.15. The van der Waals surface area contributed by atoms with Crippen LogP contribution in [0.4, 0.5) is 17.2 Å². The molecule has 1 amide bonds. The molecule has 1 aromatic heterocycles. The number of aromatic nitrogens is 1. The van der Waals surface area contributed by atoms with Crippen molar-refractivity contribution in [1.29, 1.82) is 5.26 Å². The van der Waals surface area contributed by atoms with Gasteiger partial charge in [-0.15, -0.1) is 0 Å². The molecule has 0 saturated heterocycles. The number of anilines is 3. The minimum Gasteiger partial charge on any atom is -0.399 e. The number of nitrogen functional groups attached to an aromatic ring is 1. The van der Waals surface area contributed by atoms with E-state index in [1.807, 2.05) is 0 Å². The molecule has 0 atom stereocenters. The van der Waals surface area contributed by atoms with Gasteiger partial charge in [0.1, 0.15) is 17.4 Å². The number of rotatable bonds is 4. The van der Waals surface area contributed by atoms with Gasteiger partial charge in [0.05, 0.1) is 10.7 Å². The highest BCUT2D eigenvalue weighted by atomic mass is 35.5. The summed E-state index contributed by atoms with van der Waals surface area (Å²) in [7, 11) is 0. The Balaban J connectivity index is 2.10. The first-order chi connectivity index (χ1) is 10.5. The first-order valence-electron chi connectivity index (χ1n) is 6.16. The summed E-state index contributed by atoms with van der Waals surface area (Å²) in [6, 6.07) is 8.06. The fourth-order valence-corrected chi connectivity index (χ4v) is 1.79. The van der Waals surface area contributed by atoms with Crippen molar-refractivity contribution >= 4 is 34.7 Å². The standard InChI is InChI=1S/C14H12ClN5O2/c1-8-4-13(20-22-8)18-7-9(6-16)14(21)19-12-3-2-10(17)5-11(12)15/h2-5,7H,17H2,1H3,(H,18,20)(H,19,21)/b9-7-. The summed E-state index contributed by atoms with van der Waals surface area (Å²) in [6.45, 7) is 1.73. The van der Waals surface area contributed by atoms with E-state index in [0.29, 0.717) is 23.0 Å². The zero-order valence-corrected chi connectivity index (χ0v) is 12.3. The number of hydrogen-bond donors (Lipinski definition) is 3. The second-order valence-corrected chi connectivity index (χ2v) is 4.74. The average molecular weight is 318 g/mol. The second-order valence-electron chi connectivity index (χ2n) is 4.33. The van der Waals surface area contributed by atoms with Crippen LogP contribution in [-0.2, 0) is 4.79 Å². The molecule has 0 unspecified atom stereocenters. The SMILES string of the molecule is Cc1cc(N/C=C(/C#N)C(=O)Nc2ccc(N)cc2Cl)no1. The van der Waals surface area contributed by atoms with Crippen LogP contribution in [0.5, 0.6) is 0 Å². The van der Waals surface area contributed by atoms with E-state index in [1.165, 1.54) is 12.3 Å². The third-order valence-corrected chi connectivity index (χ3v) is 2.91. The number of nitriles is 1. The van der Waals surface area contributed by atoms with E-state index < -0.39 is 5.91 Å². The molecule has 0 aliphatic rings. The summed E-state index contributed by atoms with van der Waals surface area (Å²) < 4.78 is 4.86. The maximum atomic E-state index is 12.0. The van der Waals surface area contributed by atoms with Gasteiger partial charge in [-0.1, -0.05) is 16.8 Å². The van der Waals surface area contributed by atoms with E-state index in [4.69, 9.17) is 27.1 Å². The Morgan fingerprint density at radius 1 is 1.50 bits per heavy atom. The molecule has 112 valence electrons. The van der Waals surface area contributed by atoms with E-state index in [2.05, 4.69) is 15.8 Å². The van der Waals surface area contributed by atoms with Gasteiger partial charge < -0.3 is 20.9 Å². The molecule has 0 bridgehead atoms. The van der Waals surface area contributed by atoms with Crippen molar-refractivity contribution in [2.75, 3.05) is 16.4 Å². The lowest BCUT2D eigenvalue weighted by atomic mass is 10.2. The maximum Gasteiger partial charge on any atom is 0.267 e. The molecule has 0 fully saturated rings. The number of aryl methyl sites for hydroxylation is 1. The molecule has 0 aliphatic carbocycles. The summed E-state index contributed by atoms with van der Waals surface area (Å²) in [4.78, 5) is 12.0. The number of halogens is 1. The zero-order valence-electron chi connectivity index (χ0n) is 11.6. The van der Waals surface area contributed by atoms with Crippen LogP contribution >= 0.6 is 11.6 Å². The molecule has 22 heavy (non-hydrogen) atoms. The highest BCUT2D eigenvalue weighted by Gasteiger charge is 2.11. The Morgan fingerprint density at radius 3 is 2.86 bits per heavy atom. The van der Waals surface area contributed by atoms with E-state index in [0.717, 1.165) is 0 Å². The van der Waals surface area contributed by atoms with Crippen LogP contribution in [0.2, 0.25) is 5.02 Å². The van der Waals surface area contributed by atoms with Gasteiger partial charge in [-0.2, -0.15) is 5.26 Å². The fraction of sp³-hybridized carbons (Fsp3) is 0.0714. The van der Waals surface area contributed by atoms with E-state index in [9.17, 15) is 4.79 Å². The van der Waals surface area contributed by atoms with Crippen molar-refractivity contribution in [2.24, 2.45) is 0 Å². The predicted octanol–water partition coefficient (Wildman–Crippen LogP) is 2.68. The maximum absolute atomic E-state index is 12.0. The summed E-state index contributed by atoms with van der Waals surface area (Å²) >= 11 is 5.96. The van der Waals surface area contributed by atoms with Gasteiger partial charge in [0, 0.05) is 18.0 Å². The van der Waals surface area contributed by atoms with Crippen molar-refractivity contribution in [3.05, 3.63) is 46.8 Å². The molecule has 1 heterocycles. The van der Waals surface area contributed by atoms with Crippen LogP contribution in [0, 0.1) is 18.3 Å². The minimum absolute atomic E-state index is 0.145. The summed E-state index contributed by atoms with van der Waals surface area (Å²) in [6.07, 6.45) is 1.23. The average Bonchev–Trinajstić information content (AvgIpc) is 2.88. The highest BCUT2D eigenvalue weighted by molar-refractivity contribution is 6.34. The molecule has 0 saturated carbocycles. The molecule has 0 radical (unpaired) electrons. The molecule has 7 nitrogen and oxygen atoms in total. The van der Waals surface area contributed by atoms with Crippen LogP contribution < -0.4 is 16.4 Å². The lowest BCUT2D eigenvalue weighted by Gasteiger charge is -2.07. The third kappa shape index (κ3) is 3.77. The number of nitrogens with two attached hydrogens (primary N) is 1. The summed E-state index contributed by atoms with van der Waals surface area (Å²) in [5.74, 6) is 0.387. The Morgan fingerprint density at radius 2 is 2.27 bits per heavy atom. The van der Waals surface area contributed by atoms with Gasteiger partial charge >= 0.3 is 0 Å². The largest absolute Gasteiger partial charge is 0.399 e. The molecule has 2 aromatic rings. The minimum atomic E-state index is -0.609. The van der Waals surface area contributed by atoms with Gasteiger partial charge in [-0.3, -0.25) is 4.79 Å². The van der Waals surface area contributed by atoms with Gasteiger partial charge in [0.15, 0.2) is 5.82 Å². The van der Waals surface area contributed by atoms with Crippen molar-refractivity contribution in [3.8, 4) is 6.07 Å². The van der Waals surface area contributed by atoms with Gasteiger partial charge in [-0.05, 0) is 25.1 Å². The predicted molar refractivity (Wildman–Crippen MR) is 83.1 cm³/mol. The number of amides is 1. The lowest BCUT2D eigenvalue weighted by molar-refractivity contribution is -0.112. The van der Waals surface area contributed by atoms with Crippen molar-refractivity contribution in [2.45, 2.75) is 6.92 Å². The highest BCUT2D eigenvalue weighted by Crippen LogP contribution is 2.24. The fourth-order valence-electron chi connectivity index (χ4n) is 1.55. The topological polar surface area (TPSA) is 117 Å². The molecule has 0 aliphatic heterocycles. The van der Waals surface area contributed by atoms with E-state index >= 15 is 0 Å². The van der Waals surface area contributed by atoms with Crippen LogP contribution in [0.15, 0.2) is 40.6 Å². The van der Waals surface area contributed by atoms with Crippen LogP contribution in [0.1, 0.15) is 5.76 Å².